The smallest absolute Gasteiger partial charge is 0.285 e. The van der Waals surface area contributed by atoms with Gasteiger partial charge in [0.25, 0.3) is 11.8 Å². The molecule has 0 saturated carbocycles. The standard InChI is InChI=1S/C16H17NO5/c1-9-13-7-21-16(9,8-20-13)10(2)22-17-14(18)11-5-3-4-6-12(11)15(17)19/h3-6,9-10,13H,7-8H2,1-2H3/t9-,10?,13-,16-/m0/s1. The Morgan fingerprint density at radius 3 is 2.36 bits per heavy atom. The molecule has 116 valence electrons. The molecule has 6 heteroatoms. The van der Waals surface area contributed by atoms with Crippen molar-refractivity contribution in [1.29, 1.82) is 0 Å². The van der Waals surface area contributed by atoms with Crippen LogP contribution in [0.2, 0.25) is 0 Å². The first-order valence-corrected chi connectivity index (χ1v) is 7.45. The van der Waals surface area contributed by atoms with Gasteiger partial charge in [-0.1, -0.05) is 19.1 Å². The molecule has 2 bridgehead atoms. The molecule has 1 aromatic carbocycles. The Morgan fingerprint density at radius 2 is 1.91 bits per heavy atom. The van der Waals surface area contributed by atoms with Gasteiger partial charge in [-0.05, 0) is 19.1 Å². The molecule has 0 radical (unpaired) electrons. The van der Waals surface area contributed by atoms with Crippen LogP contribution < -0.4 is 0 Å². The van der Waals surface area contributed by atoms with Gasteiger partial charge >= 0.3 is 0 Å². The monoisotopic (exact) mass is 303 g/mol. The number of hydroxylamine groups is 2. The molecule has 22 heavy (non-hydrogen) atoms. The number of nitrogens with zero attached hydrogens (tertiary/aromatic N) is 1. The van der Waals surface area contributed by atoms with E-state index in [9.17, 15) is 9.59 Å². The molecule has 3 aliphatic heterocycles. The lowest BCUT2D eigenvalue weighted by Gasteiger charge is -2.35. The quantitative estimate of drug-likeness (QED) is 0.790. The first kappa shape index (κ1) is 13.9. The molecule has 6 nitrogen and oxygen atoms in total. The highest BCUT2D eigenvalue weighted by Gasteiger charge is 2.59. The Kier molecular flexibility index (Phi) is 2.91. The molecular formula is C16H17NO5. The molecule has 2 fully saturated rings. The summed E-state index contributed by atoms with van der Waals surface area (Å²) in [6, 6.07) is 6.72. The fraction of sp³-hybridized carbons (Fsp3) is 0.500. The lowest BCUT2D eigenvalue weighted by atomic mass is 9.86. The number of imide groups is 1. The van der Waals surface area contributed by atoms with Crippen LogP contribution in [0.3, 0.4) is 0 Å². The van der Waals surface area contributed by atoms with E-state index in [1.54, 1.807) is 24.3 Å². The van der Waals surface area contributed by atoms with Crippen LogP contribution in [0.1, 0.15) is 34.6 Å². The van der Waals surface area contributed by atoms with E-state index >= 15 is 0 Å². The second-order valence-electron chi connectivity index (χ2n) is 6.10. The lowest BCUT2D eigenvalue weighted by Crippen LogP contribution is -2.51. The molecule has 4 atom stereocenters. The Labute approximate surface area is 127 Å². The van der Waals surface area contributed by atoms with E-state index in [1.165, 1.54) is 0 Å². The molecule has 3 aliphatic rings. The largest absolute Gasteiger partial charge is 0.372 e. The molecule has 2 saturated heterocycles. The van der Waals surface area contributed by atoms with Crippen LogP contribution in [0.5, 0.6) is 0 Å². The van der Waals surface area contributed by atoms with E-state index < -0.39 is 23.5 Å². The zero-order chi connectivity index (χ0) is 15.5. The van der Waals surface area contributed by atoms with Crippen LogP contribution >= 0.6 is 0 Å². The number of fused-ring (bicyclic) bond motifs is 3. The highest BCUT2D eigenvalue weighted by atomic mass is 16.7. The van der Waals surface area contributed by atoms with Crippen LogP contribution in [-0.4, -0.2) is 47.9 Å². The number of rotatable bonds is 3. The van der Waals surface area contributed by atoms with Gasteiger partial charge in [-0.15, -0.1) is 5.06 Å². The van der Waals surface area contributed by atoms with E-state index in [4.69, 9.17) is 14.3 Å². The van der Waals surface area contributed by atoms with E-state index in [2.05, 4.69) is 0 Å². The Hall–Kier alpha value is -1.76. The molecule has 2 amide bonds. The SMILES string of the molecule is CC(ON1C(=O)c2ccccc2C1=O)[C@@]12CO[C@@H](CO1)[C@@H]2C. The van der Waals surface area contributed by atoms with Crippen molar-refractivity contribution in [3.63, 3.8) is 0 Å². The molecule has 0 spiro atoms. The van der Waals surface area contributed by atoms with E-state index in [-0.39, 0.29) is 12.0 Å². The summed E-state index contributed by atoms with van der Waals surface area (Å²) in [5.74, 6) is -0.687. The van der Waals surface area contributed by atoms with E-state index in [1.807, 2.05) is 13.8 Å². The minimum atomic E-state index is -0.597. The molecule has 1 aromatic rings. The summed E-state index contributed by atoms with van der Waals surface area (Å²) in [6.07, 6.45) is -0.398. The normalized spacial score (nSPS) is 34.4. The molecule has 0 aliphatic carbocycles. The first-order chi connectivity index (χ1) is 10.5. The third kappa shape index (κ3) is 1.65. The molecule has 4 rings (SSSR count). The van der Waals surface area contributed by atoms with E-state index in [0.717, 1.165) is 5.06 Å². The average Bonchev–Trinajstić information content (AvgIpc) is 3.12. The number of ether oxygens (including phenoxy) is 2. The van der Waals surface area contributed by atoms with Crippen molar-refractivity contribution >= 4 is 11.8 Å². The summed E-state index contributed by atoms with van der Waals surface area (Å²) < 4.78 is 11.5. The van der Waals surface area contributed by atoms with Crippen molar-refractivity contribution in [1.82, 2.24) is 5.06 Å². The van der Waals surface area contributed by atoms with Gasteiger partial charge in [0, 0.05) is 5.92 Å². The van der Waals surface area contributed by atoms with Crippen LogP contribution in [-0.2, 0) is 14.3 Å². The van der Waals surface area contributed by atoms with Gasteiger partial charge in [-0.25, -0.2) is 0 Å². The summed E-state index contributed by atoms with van der Waals surface area (Å²) in [5.41, 5.74) is 0.149. The van der Waals surface area contributed by atoms with Crippen molar-refractivity contribution in [3.8, 4) is 0 Å². The maximum absolute atomic E-state index is 12.4. The number of hydrogen-bond acceptors (Lipinski definition) is 5. The molecule has 3 heterocycles. The van der Waals surface area contributed by atoms with Gasteiger partial charge in [0.1, 0.15) is 11.7 Å². The number of hydrogen-bond donors (Lipinski definition) is 0. The van der Waals surface area contributed by atoms with E-state index in [0.29, 0.717) is 24.3 Å². The van der Waals surface area contributed by atoms with Crippen molar-refractivity contribution in [2.45, 2.75) is 31.7 Å². The minimum absolute atomic E-state index is 0.0632. The summed E-state index contributed by atoms with van der Waals surface area (Å²) in [5, 5.41) is 0.853. The van der Waals surface area contributed by atoms with Gasteiger partial charge in [0.05, 0.1) is 30.4 Å². The third-order valence-corrected chi connectivity index (χ3v) is 5.08. The van der Waals surface area contributed by atoms with Crippen molar-refractivity contribution in [3.05, 3.63) is 35.4 Å². The third-order valence-electron chi connectivity index (χ3n) is 5.08. The Bertz CT molecular complexity index is 615. The van der Waals surface area contributed by atoms with Gasteiger partial charge < -0.3 is 9.47 Å². The fourth-order valence-corrected chi connectivity index (χ4v) is 3.55. The first-order valence-electron chi connectivity index (χ1n) is 7.45. The predicted octanol–water partition coefficient (Wildman–Crippen LogP) is 1.41. The van der Waals surface area contributed by atoms with Gasteiger partial charge in [-0.3, -0.25) is 14.4 Å². The second kappa shape index (κ2) is 4.62. The maximum Gasteiger partial charge on any atom is 0.285 e. The number of carbonyl (C=O) groups is 2. The maximum atomic E-state index is 12.4. The zero-order valence-electron chi connectivity index (χ0n) is 12.4. The number of benzene rings is 1. The molecule has 0 N–H and O–H groups in total. The fourth-order valence-electron chi connectivity index (χ4n) is 3.55. The number of amides is 2. The highest BCUT2D eigenvalue weighted by molar-refractivity contribution is 6.20. The zero-order valence-corrected chi connectivity index (χ0v) is 12.4. The predicted molar refractivity (Wildman–Crippen MR) is 75.1 cm³/mol. The molecule has 0 aromatic heterocycles. The van der Waals surface area contributed by atoms with Crippen molar-refractivity contribution in [2.24, 2.45) is 5.92 Å². The highest BCUT2D eigenvalue weighted by Crippen LogP contribution is 2.44. The van der Waals surface area contributed by atoms with Crippen molar-refractivity contribution in [2.75, 3.05) is 13.2 Å². The molecular weight excluding hydrogens is 286 g/mol. The Balaban J connectivity index is 1.58. The molecule has 1 unspecified atom stereocenters. The van der Waals surface area contributed by atoms with Crippen LogP contribution in [0.4, 0.5) is 0 Å². The summed E-state index contributed by atoms with van der Waals surface area (Å²) in [4.78, 5) is 30.4. The summed E-state index contributed by atoms with van der Waals surface area (Å²) >= 11 is 0. The van der Waals surface area contributed by atoms with Crippen molar-refractivity contribution < 1.29 is 23.9 Å². The minimum Gasteiger partial charge on any atom is -0.372 e. The van der Waals surface area contributed by atoms with Gasteiger partial charge in [0.2, 0.25) is 0 Å². The summed E-state index contributed by atoms with van der Waals surface area (Å²) in [7, 11) is 0. The van der Waals surface area contributed by atoms with Crippen LogP contribution in [0.15, 0.2) is 24.3 Å². The Morgan fingerprint density at radius 1 is 1.27 bits per heavy atom. The number of carbonyl (C=O) groups excluding carboxylic acids is 2. The second-order valence-corrected chi connectivity index (χ2v) is 6.10. The topological polar surface area (TPSA) is 65.1 Å². The van der Waals surface area contributed by atoms with Gasteiger partial charge in [0.15, 0.2) is 0 Å². The summed E-state index contributed by atoms with van der Waals surface area (Å²) in [6.45, 7) is 4.81. The van der Waals surface area contributed by atoms with Crippen LogP contribution in [0, 0.1) is 5.92 Å². The lowest BCUT2D eigenvalue weighted by molar-refractivity contribution is -0.216. The van der Waals surface area contributed by atoms with Gasteiger partial charge in [-0.2, -0.15) is 0 Å². The van der Waals surface area contributed by atoms with Crippen LogP contribution in [0.25, 0.3) is 0 Å². The average molecular weight is 303 g/mol.